The lowest BCUT2D eigenvalue weighted by Gasteiger charge is -2.10. The highest BCUT2D eigenvalue weighted by molar-refractivity contribution is 5.92. The van der Waals surface area contributed by atoms with E-state index in [1.54, 1.807) is 0 Å². The van der Waals surface area contributed by atoms with Gasteiger partial charge in [0.25, 0.3) is 5.91 Å². The second-order valence-electron chi connectivity index (χ2n) is 5.86. The predicted octanol–water partition coefficient (Wildman–Crippen LogP) is 3.37. The average molecular weight is 289 g/mol. The molecule has 4 nitrogen and oxygen atoms in total. The molecule has 0 aromatic heterocycles. The average Bonchev–Trinajstić information content (AvgIpc) is 2.93. The van der Waals surface area contributed by atoms with Gasteiger partial charge in [-0.25, -0.2) is 0 Å². The number of hydrogen-bond acceptors (Lipinski definition) is 3. The summed E-state index contributed by atoms with van der Waals surface area (Å²) >= 11 is 0. The fraction of sp³-hybridized carbons (Fsp3) is 0.529. The van der Waals surface area contributed by atoms with Crippen molar-refractivity contribution in [2.45, 2.75) is 46.0 Å². The van der Waals surface area contributed by atoms with Gasteiger partial charge in [-0.15, -0.1) is 0 Å². The Morgan fingerprint density at radius 2 is 1.90 bits per heavy atom. The Bertz CT molecular complexity index is 519. The third-order valence-corrected chi connectivity index (χ3v) is 4.09. The zero-order valence-corrected chi connectivity index (χ0v) is 12.8. The number of hydrogen-bond donors (Lipinski definition) is 1. The van der Waals surface area contributed by atoms with Gasteiger partial charge < -0.3 is 10.1 Å². The first-order chi connectivity index (χ1) is 10.0. The molecule has 0 heterocycles. The number of carbonyl (C=O) groups is 2. The van der Waals surface area contributed by atoms with Crippen LogP contribution >= 0.6 is 0 Å². The second kappa shape index (κ2) is 7.25. The summed E-state index contributed by atoms with van der Waals surface area (Å²) in [6, 6.07) is 5.71. The van der Waals surface area contributed by atoms with E-state index in [1.165, 1.54) is 18.4 Å². The van der Waals surface area contributed by atoms with E-state index in [0.717, 1.165) is 24.1 Å². The lowest BCUT2D eigenvalue weighted by molar-refractivity contribution is -0.148. The predicted molar refractivity (Wildman–Crippen MR) is 82.1 cm³/mol. The summed E-state index contributed by atoms with van der Waals surface area (Å²) in [7, 11) is 0. The van der Waals surface area contributed by atoms with Crippen molar-refractivity contribution in [1.82, 2.24) is 0 Å². The van der Waals surface area contributed by atoms with Crippen LogP contribution < -0.4 is 5.32 Å². The first-order valence-corrected chi connectivity index (χ1v) is 7.57. The SMILES string of the molecule is Cc1ccc(NC(=O)COC(=O)CC2CCCC2)cc1C. The number of carbonyl (C=O) groups excluding carboxylic acids is 2. The van der Waals surface area contributed by atoms with Gasteiger partial charge in [0.15, 0.2) is 6.61 Å². The lowest BCUT2D eigenvalue weighted by atomic mass is 10.0. The van der Waals surface area contributed by atoms with Crippen LogP contribution in [0.15, 0.2) is 18.2 Å². The van der Waals surface area contributed by atoms with Crippen LogP contribution in [-0.2, 0) is 14.3 Å². The molecule has 1 aromatic rings. The molecule has 1 saturated carbocycles. The van der Waals surface area contributed by atoms with Crippen molar-refractivity contribution in [3.05, 3.63) is 29.3 Å². The standard InChI is InChI=1S/C17H23NO3/c1-12-7-8-15(9-13(12)2)18-16(19)11-21-17(20)10-14-5-3-4-6-14/h7-9,14H,3-6,10-11H2,1-2H3,(H,18,19). The van der Waals surface area contributed by atoms with Gasteiger partial charge in [0.05, 0.1) is 0 Å². The van der Waals surface area contributed by atoms with Gasteiger partial charge in [0, 0.05) is 12.1 Å². The van der Waals surface area contributed by atoms with Crippen molar-refractivity contribution in [1.29, 1.82) is 0 Å². The molecule has 114 valence electrons. The molecule has 0 saturated heterocycles. The van der Waals surface area contributed by atoms with Crippen LogP contribution in [0.4, 0.5) is 5.69 Å². The third-order valence-electron chi connectivity index (χ3n) is 4.09. The fourth-order valence-corrected chi connectivity index (χ4v) is 2.67. The van der Waals surface area contributed by atoms with Gasteiger partial charge in [-0.05, 0) is 55.9 Å². The summed E-state index contributed by atoms with van der Waals surface area (Å²) in [6.07, 6.45) is 5.04. The molecular weight excluding hydrogens is 266 g/mol. The lowest BCUT2D eigenvalue weighted by Crippen LogP contribution is -2.21. The molecule has 0 spiro atoms. The first kappa shape index (κ1) is 15.5. The van der Waals surface area contributed by atoms with E-state index < -0.39 is 0 Å². The summed E-state index contributed by atoms with van der Waals surface area (Å²) in [5.74, 6) is -0.115. The molecule has 1 N–H and O–H groups in total. The Morgan fingerprint density at radius 3 is 2.57 bits per heavy atom. The summed E-state index contributed by atoms with van der Waals surface area (Å²) < 4.78 is 5.04. The number of nitrogens with one attached hydrogen (secondary N) is 1. The fourth-order valence-electron chi connectivity index (χ4n) is 2.67. The minimum Gasteiger partial charge on any atom is -0.456 e. The van der Waals surface area contributed by atoms with E-state index >= 15 is 0 Å². The first-order valence-electron chi connectivity index (χ1n) is 7.57. The molecule has 0 radical (unpaired) electrons. The van der Waals surface area contributed by atoms with Crippen LogP contribution in [-0.4, -0.2) is 18.5 Å². The van der Waals surface area contributed by atoms with Crippen LogP contribution in [0.2, 0.25) is 0 Å². The summed E-state index contributed by atoms with van der Waals surface area (Å²) in [5.41, 5.74) is 3.02. The Hall–Kier alpha value is -1.84. The number of anilines is 1. The smallest absolute Gasteiger partial charge is 0.306 e. The maximum Gasteiger partial charge on any atom is 0.306 e. The zero-order chi connectivity index (χ0) is 15.2. The highest BCUT2D eigenvalue weighted by Crippen LogP contribution is 2.27. The Labute approximate surface area is 125 Å². The topological polar surface area (TPSA) is 55.4 Å². The van der Waals surface area contributed by atoms with E-state index in [1.807, 2.05) is 32.0 Å². The molecule has 1 fully saturated rings. The van der Waals surface area contributed by atoms with Crippen molar-refractivity contribution >= 4 is 17.6 Å². The van der Waals surface area contributed by atoms with Crippen LogP contribution in [0.25, 0.3) is 0 Å². The van der Waals surface area contributed by atoms with Crippen molar-refractivity contribution < 1.29 is 14.3 Å². The molecule has 4 heteroatoms. The van der Waals surface area contributed by atoms with Crippen molar-refractivity contribution in [3.8, 4) is 0 Å². The van der Waals surface area contributed by atoms with Crippen molar-refractivity contribution in [3.63, 3.8) is 0 Å². The van der Waals surface area contributed by atoms with E-state index in [2.05, 4.69) is 5.32 Å². The van der Waals surface area contributed by atoms with Gasteiger partial charge in [-0.2, -0.15) is 0 Å². The van der Waals surface area contributed by atoms with E-state index in [9.17, 15) is 9.59 Å². The molecule has 0 bridgehead atoms. The van der Waals surface area contributed by atoms with Gasteiger partial charge in [0.1, 0.15) is 0 Å². The number of benzene rings is 1. The molecule has 2 rings (SSSR count). The molecule has 21 heavy (non-hydrogen) atoms. The number of rotatable bonds is 5. The molecular formula is C17H23NO3. The van der Waals surface area contributed by atoms with Gasteiger partial charge in [0.2, 0.25) is 0 Å². The van der Waals surface area contributed by atoms with Gasteiger partial charge in [-0.3, -0.25) is 9.59 Å². The van der Waals surface area contributed by atoms with E-state index in [0.29, 0.717) is 12.3 Å². The summed E-state index contributed by atoms with van der Waals surface area (Å²) in [4.78, 5) is 23.4. The summed E-state index contributed by atoms with van der Waals surface area (Å²) in [6.45, 7) is 3.80. The molecule has 0 atom stereocenters. The van der Waals surface area contributed by atoms with Crippen LogP contribution in [0, 0.1) is 19.8 Å². The molecule has 1 amide bonds. The number of amides is 1. The number of aryl methyl sites for hydroxylation is 2. The quantitative estimate of drug-likeness (QED) is 0.846. The minimum absolute atomic E-state index is 0.210. The molecule has 0 unspecified atom stereocenters. The zero-order valence-electron chi connectivity index (χ0n) is 12.8. The largest absolute Gasteiger partial charge is 0.456 e. The third kappa shape index (κ3) is 4.88. The van der Waals surface area contributed by atoms with Crippen LogP contribution in [0.1, 0.15) is 43.2 Å². The van der Waals surface area contributed by atoms with Gasteiger partial charge >= 0.3 is 5.97 Å². The van der Waals surface area contributed by atoms with Crippen molar-refractivity contribution in [2.75, 3.05) is 11.9 Å². The molecule has 1 aromatic carbocycles. The normalized spacial score (nSPS) is 15.0. The Balaban J connectivity index is 1.73. The van der Waals surface area contributed by atoms with Crippen LogP contribution in [0.5, 0.6) is 0 Å². The maximum absolute atomic E-state index is 11.8. The minimum atomic E-state index is -0.293. The second-order valence-corrected chi connectivity index (χ2v) is 5.86. The molecule has 0 aliphatic heterocycles. The summed E-state index contributed by atoms with van der Waals surface area (Å²) in [5, 5.41) is 2.74. The van der Waals surface area contributed by atoms with Gasteiger partial charge in [-0.1, -0.05) is 18.9 Å². The monoisotopic (exact) mass is 289 g/mol. The maximum atomic E-state index is 11.8. The number of esters is 1. The highest BCUT2D eigenvalue weighted by Gasteiger charge is 2.19. The van der Waals surface area contributed by atoms with Crippen LogP contribution in [0.3, 0.4) is 0 Å². The Morgan fingerprint density at radius 1 is 1.19 bits per heavy atom. The molecule has 1 aliphatic carbocycles. The van der Waals surface area contributed by atoms with E-state index in [-0.39, 0.29) is 18.5 Å². The molecule has 1 aliphatic rings. The number of ether oxygens (including phenoxy) is 1. The van der Waals surface area contributed by atoms with Crippen molar-refractivity contribution in [2.24, 2.45) is 5.92 Å². The Kier molecular flexibility index (Phi) is 5.37. The highest BCUT2D eigenvalue weighted by atomic mass is 16.5. The van der Waals surface area contributed by atoms with E-state index in [4.69, 9.17) is 4.74 Å².